The third kappa shape index (κ3) is 2.46. The zero-order valence-corrected chi connectivity index (χ0v) is 12.8. The molecule has 7 heteroatoms. The van der Waals surface area contributed by atoms with Gasteiger partial charge < -0.3 is 14.6 Å². The topological polar surface area (TPSA) is 76.6 Å². The fraction of sp³-hybridized carbons (Fsp3) is 0.133. The second kappa shape index (κ2) is 5.98. The lowest BCUT2D eigenvalue weighted by Gasteiger charge is -2.01. The highest BCUT2D eigenvalue weighted by atomic mass is 32.1. The second-order valence-electron chi connectivity index (χ2n) is 4.40. The number of carbonyl (C=O) groups is 1. The Morgan fingerprint density at radius 3 is 2.95 bits per heavy atom. The van der Waals surface area contributed by atoms with Crippen molar-refractivity contribution in [1.82, 2.24) is 9.97 Å². The van der Waals surface area contributed by atoms with Crippen molar-refractivity contribution in [3.63, 3.8) is 0 Å². The lowest BCUT2D eigenvalue weighted by Crippen LogP contribution is -2.06. The SMILES string of the molecule is CO/N=C(\c1nc(C(=O)OC)cs1)c1c[nH]c2ccccc12.[HH]. The van der Waals surface area contributed by atoms with Crippen LogP contribution in [0.15, 0.2) is 41.0 Å². The van der Waals surface area contributed by atoms with Gasteiger partial charge in [0.1, 0.15) is 17.8 Å². The molecule has 114 valence electrons. The molecule has 1 N–H and O–H groups in total. The number of H-pyrrole nitrogens is 1. The number of rotatable bonds is 4. The summed E-state index contributed by atoms with van der Waals surface area (Å²) in [5.74, 6) is -0.474. The van der Waals surface area contributed by atoms with E-state index < -0.39 is 5.97 Å². The van der Waals surface area contributed by atoms with Crippen molar-refractivity contribution in [3.8, 4) is 0 Å². The molecule has 0 radical (unpaired) electrons. The van der Waals surface area contributed by atoms with Gasteiger partial charge in [-0.15, -0.1) is 11.3 Å². The number of hydrogen-bond acceptors (Lipinski definition) is 6. The van der Waals surface area contributed by atoms with Crippen LogP contribution in [0.2, 0.25) is 0 Å². The van der Waals surface area contributed by atoms with Gasteiger partial charge in [0.15, 0.2) is 5.69 Å². The maximum Gasteiger partial charge on any atom is 0.357 e. The predicted molar refractivity (Wildman–Crippen MR) is 86.5 cm³/mol. The van der Waals surface area contributed by atoms with E-state index in [2.05, 4.69) is 19.9 Å². The highest BCUT2D eigenvalue weighted by Crippen LogP contribution is 2.23. The Labute approximate surface area is 131 Å². The Hall–Kier alpha value is -2.67. The number of fused-ring (bicyclic) bond motifs is 1. The van der Waals surface area contributed by atoms with Crippen LogP contribution in [0, 0.1) is 0 Å². The molecule has 0 fully saturated rings. The molecule has 6 nitrogen and oxygen atoms in total. The van der Waals surface area contributed by atoms with Crippen molar-refractivity contribution in [2.75, 3.05) is 14.2 Å². The monoisotopic (exact) mass is 317 g/mol. The predicted octanol–water partition coefficient (Wildman–Crippen LogP) is 3.06. The standard InChI is InChI=1S/C15H13N3O3S.H2/c1-20-15(19)12-8-22-14(17-12)13(18-21-2)10-7-16-11-6-4-3-5-9(10)11;/h3-8,16H,1-2H3;1H/b18-13-;. The Balaban J connectivity index is 0.00000192. The summed E-state index contributed by atoms with van der Waals surface area (Å²) in [5.41, 5.74) is 2.68. The van der Waals surface area contributed by atoms with Gasteiger partial charge in [0, 0.05) is 29.5 Å². The average molecular weight is 317 g/mol. The second-order valence-corrected chi connectivity index (χ2v) is 5.26. The molecule has 1 aromatic carbocycles. The smallest absolute Gasteiger partial charge is 0.357 e. The van der Waals surface area contributed by atoms with Crippen LogP contribution in [0.3, 0.4) is 0 Å². The Morgan fingerprint density at radius 1 is 1.36 bits per heavy atom. The van der Waals surface area contributed by atoms with Gasteiger partial charge in [-0.05, 0) is 6.07 Å². The molecule has 0 amide bonds. The number of nitrogens with zero attached hydrogens (tertiary/aromatic N) is 2. The summed E-state index contributed by atoms with van der Waals surface area (Å²) in [6.45, 7) is 0. The van der Waals surface area contributed by atoms with Crippen molar-refractivity contribution >= 4 is 33.9 Å². The first kappa shape index (κ1) is 14.3. The maximum absolute atomic E-state index is 11.6. The molecular weight excluding hydrogens is 302 g/mol. The van der Waals surface area contributed by atoms with Gasteiger partial charge in [-0.2, -0.15) is 0 Å². The zero-order valence-electron chi connectivity index (χ0n) is 12.0. The van der Waals surface area contributed by atoms with Crippen LogP contribution in [0.1, 0.15) is 22.5 Å². The summed E-state index contributed by atoms with van der Waals surface area (Å²) in [6.07, 6.45) is 1.85. The first-order valence-corrected chi connectivity index (χ1v) is 7.34. The van der Waals surface area contributed by atoms with Crippen LogP contribution < -0.4 is 0 Å². The van der Waals surface area contributed by atoms with E-state index in [-0.39, 0.29) is 7.12 Å². The van der Waals surface area contributed by atoms with E-state index in [0.29, 0.717) is 10.7 Å². The van der Waals surface area contributed by atoms with E-state index in [1.54, 1.807) is 5.38 Å². The van der Waals surface area contributed by atoms with Gasteiger partial charge in [0.2, 0.25) is 0 Å². The highest BCUT2D eigenvalue weighted by Gasteiger charge is 2.19. The fourth-order valence-electron chi connectivity index (χ4n) is 2.14. The number of aromatic nitrogens is 2. The van der Waals surface area contributed by atoms with Crippen LogP contribution in [-0.2, 0) is 9.57 Å². The summed E-state index contributed by atoms with van der Waals surface area (Å²) in [7, 11) is 2.80. The lowest BCUT2D eigenvalue weighted by atomic mass is 10.1. The molecule has 0 bridgehead atoms. The van der Waals surface area contributed by atoms with Gasteiger partial charge in [0.05, 0.1) is 7.11 Å². The van der Waals surface area contributed by atoms with E-state index in [4.69, 9.17) is 4.84 Å². The molecule has 0 saturated heterocycles. The number of nitrogens with one attached hydrogen (secondary N) is 1. The minimum absolute atomic E-state index is 0. The van der Waals surface area contributed by atoms with Crippen LogP contribution in [0.5, 0.6) is 0 Å². The molecule has 0 aliphatic rings. The lowest BCUT2D eigenvalue weighted by molar-refractivity contribution is 0.0595. The number of methoxy groups -OCH3 is 1. The molecule has 0 saturated carbocycles. The number of benzene rings is 1. The summed E-state index contributed by atoms with van der Waals surface area (Å²) < 4.78 is 4.68. The number of para-hydroxylation sites is 1. The van der Waals surface area contributed by atoms with E-state index >= 15 is 0 Å². The Kier molecular flexibility index (Phi) is 3.88. The molecule has 0 aliphatic heterocycles. The minimum Gasteiger partial charge on any atom is -0.464 e. The third-order valence-electron chi connectivity index (χ3n) is 3.13. The summed E-state index contributed by atoms with van der Waals surface area (Å²) in [4.78, 5) is 24.0. The van der Waals surface area contributed by atoms with Crippen LogP contribution in [-0.4, -0.2) is 35.9 Å². The van der Waals surface area contributed by atoms with E-state index in [0.717, 1.165) is 16.5 Å². The number of carbonyl (C=O) groups excluding carboxylic acids is 1. The largest absolute Gasteiger partial charge is 0.464 e. The van der Waals surface area contributed by atoms with Gasteiger partial charge in [-0.3, -0.25) is 0 Å². The van der Waals surface area contributed by atoms with Gasteiger partial charge in [0.25, 0.3) is 0 Å². The van der Waals surface area contributed by atoms with Crippen molar-refractivity contribution in [1.29, 1.82) is 0 Å². The molecule has 0 spiro atoms. The zero-order chi connectivity index (χ0) is 15.5. The number of esters is 1. The Bertz CT molecular complexity index is 856. The number of hydrogen-bond donors (Lipinski definition) is 1. The molecule has 2 heterocycles. The van der Waals surface area contributed by atoms with Gasteiger partial charge in [-0.25, -0.2) is 9.78 Å². The van der Waals surface area contributed by atoms with Crippen LogP contribution in [0.25, 0.3) is 10.9 Å². The minimum atomic E-state index is -0.474. The van der Waals surface area contributed by atoms with E-state index in [9.17, 15) is 4.79 Å². The highest BCUT2D eigenvalue weighted by molar-refractivity contribution is 7.12. The molecule has 3 rings (SSSR count). The van der Waals surface area contributed by atoms with E-state index in [1.807, 2.05) is 30.5 Å². The molecule has 0 atom stereocenters. The number of aromatic amines is 1. The molecule has 0 aliphatic carbocycles. The number of ether oxygens (including phenoxy) is 1. The van der Waals surface area contributed by atoms with Crippen LogP contribution >= 0.6 is 11.3 Å². The summed E-state index contributed by atoms with van der Waals surface area (Å²) >= 11 is 1.31. The summed E-state index contributed by atoms with van der Waals surface area (Å²) in [5, 5.41) is 7.32. The Morgan fingerprint density at radius 2 is 2.18 bits per heavy atom. The number of thiazole rings is 1. The average Bonchev–Trinajstić information content (AvgIpc) is 3.19. The third-order valence-corrected chi connectivity index (χ3v) is 3.98. The molecular formula is C15H15N3O3S. The fourth-order valence-corrected chi connectivity index (χ4v) is 2.93. The number of oxime groups is 1. The normalized spacial score (nSPS) is 11.6. The first-order chi connectivity index (χ1) is 10.7. The molecule has 2 aromatic heterocycles. The van der Waals surface area contributed by atoms with Gasteiger partial charge in [-0.1, -0.05) is 23.4 Å². The van der Waals surface area contributed by atoms with E-state index in [1.165, 1.54) is 25.6 Å². The van der Waals surface area contributed by atoms with Gasteiger partial charge >= 0.3 is 5.97 Å². The van der Waals surface area contributed by atoms with Crippen molar-refractivity contribution in [2.24, 2.45) is 5.16 Å². The first-order valence-electron chi connectivity index (χ1n) is 6.46. The molecule has 22 heavy (non-hydrogen) atoms. The van der Waals surface area contributed by atoms with Crippen molar-refractivity contribution in [3.05, 3.63) is 52.1 Å². The quantitative estimate of drug-likeness (QED) is 0.456. The molecule has 0 unspecified atom stereocenters. The van der Waals surface area contributed by atoms with Crippen LogP contribution in [0.4, 0.5) is 0 Å². The summed E-state index contributed by atoms with van der Waals surface area (Å²) in [6, 6.07) is 7.87. The van der Waals surface area contributed by atoms with Crippen molar-refractivity contribution < 1.29 is 15.8 Å². The van der Waals surface area contributed by atoms with Crippen molar-refractivity contribution in [2.45, 2.75) is 0 Å². The molecule has 3 aromatic rings. The maximum atomic E-state index is 11.6.